The van der Waals surface area contributed by atoms with E-state index in [1.54, 1.807) is 0 Å². The normalized spacial score (nSPS) is 22.3. The van der Waals surface area contributed by atoms with Gasteiger partial charge in [0.15, 0.2) is 0 Å². The van der Waals surface area contributed by atoms with Gasteiger partial charge in [-0.05, 0) is 56.2 Å². The Morgan fingerprint density at radius 1 is 1.33 bits per heavy atom. The lowest BCUT2D eigenvalue weighted by molar-refractivity contribution is 0.162. The summed E-state index contributed by atoms with van der Waals surface area (Å²) in [5, 5.41) is 13.1. The minimum atomic E-state index is -0.194. The average molecular weight is 247 g/mol. The van der Waals surface area contributed by atoms with Crippen LogP contribution in [0.5, 0.6) is 0 Å². The summed E-state index contributed by atoms with van der Waals surface area (Å²) in [6.45, 7) is 5.06. The molecule has 1 aromatic carbocycles. The molecule has 18 heavy (non-hydrogen) atoms. The molecule has 0 spiro atoms. The number of benzene rings is 1. The maximum Gasteiger partial charge on any atom is 0.0515 e. The Kier molecular flexibility index (Phi) is 4.79. The van der Waals surface area contributed by atoms with Crippen molar-refractivity contribution in [3.63, 3.8) is 0 Å². The van der Waals surface area contributed by atoms with Gasteiger partial charge in [-0.2, -0.15) is 0 Å². The molecule has 0 heterocycles. The average Bonchev–Trinajstić information content (AvgIpc) is 2.35. The summed E-state index contributed by atoms with van der Waals surface area (Å²) < 4.78 is 0. The molecule has 2 nitrogen and oxygen atoms in total. The number of aliphatic hydroxyl groups excluding tert-OH is 1. The second kappa shape index (κ2) is 6.35. The monoisotopic (exact) mass is 247 g/mol. The molecule has 3 atom stereocenters. The second-order valence-corrected chi connectivity index (χ2v) is 5.74. The predicted molar refractivity (Wildman–Crippen MR) is 75.6 cm³/mol. The van der Waals surface area contributed by atoms with E-state index < -0.39 is 0 Å². The van der Waals surface area contributed by atoms with Gasteiger partial charge >= 0.3 is 0 Å². The lowest BCUT2D eigenvalue weighted by Crippen LogP contribution is -2.30. The highest BCUT2D eigenvalue weighted by molar-refractivity contribution is 5.32. The van der Waals surface area contributed by atoms with Crippen LogP contribution in [0, 0.1) is 5.92 Å². The molecular formula is C16H25NO. The lowest BCUT2D eigenvalue weighted by atomic mass is 9.87. The molecule has 2 rings (SSSR count). The summed E-state index contributed by atoms with van der Waals surface area (Å²) >= 11 is 0. The van der Waals surface area contributed by atoms with E-state index in [0.29, 0.717) is 12.0 Å². The third-order valence-corrected chi connectivity index (χ3v) is 3.83. The molecule has 100 valence electrons. The third-order valence-electron chi connectivity index (χ3n) is 3.83. The van der Waals surface area contributed by atoms with E-state index in [1.165, 1.54) is 30.4 Å². The van der Waals surface area contributed by atoms with Crippen LogP contribution in [0.3, 0.4) is 0 Å². The number of aliphatic hydroxyl groups is 1. The highest BCUT2D eigenvalue weighted by atomic mass is 16.3. The SMILES string of the molecule is CC(O)CC(C)CNC1CCCc2ccccc21. The van der Waals surface area contributed by atoms with Crippen LogP contribution in [-0.2, 0) is 6.42 Å². The Morgan fingerprint density at radius 2 is 2.11 bits per heavy atom. The fraction of sp³-hybridized carbons (Fsp3) is 0.625. The Hall–Kier alpha value is -0.860. The van der Waals surface area contributed by atoms with Crippen molar-refractivity contribution in [2.75, 3.05) is 6.54 Å². The highest BCUT2D eigenvalue weighted by Gasteiger charge is 2.19. The van der Waals surface area contributed by atoms with Gasteiger partial charge in [0.2, 0.25) is 0 Å². The summed E-state index contributed by atoms with van der Waals surface area (Å²) in [7, 11) is 0. The van der Waals surface area contributed by atoms with E-state index in [2.05, 4.69) is 36.5 Å². The Morgan fingerprint density at radius 3 is 2.89 bits per heavy atom. The first-order valence-corrected chi connectivity index (χ1v) is 7.16. The minimum absolute atomic E-state index is 0.194. The molecule has 0 fully saturated rings. The number of nitrogens with one attached hydrogen (secondary N) is 1. The van der Waals surface area contributed by atoms with Crippen molar-refractivity contribution in [2.45, 2.75) is 51.7 Å². The summed E-state index contributed by atoms with van der Waals surface area (Å²) in [5.41, 5.74) is 2.98. The number of aryl methyl sites for hydroxylation is 1. The van der Waals surface area contributed by atoms with E-state index in [9.17, 15) is 5.11 Å². The van der Waals surface area contributed by atoms with E-state index in [0.717, 1.165) is 13.0 Å². The van der Waals surface area contributed by atoms with Crippen molar-refractivity contribution in [1.29, 1.82) is 0 Å². The van der Waals surface area contributed by atoms with E-state index in [4.69, 9.17) is 0 Å². The maximum absolute atomic E-state index is 9.39. The molecule has 0 aromatic heterocycles. The van der Waals surface area contributed by atoms with Crippen LogP contribution in [0.4, 0.5) is 0 Å². The molecule has 1 aliphatic rings. The van der Waals surface area contributed by atoms with Crippen LogP contribution in [0.1, 0.15) is 50.3 Å². The van der Waals surface area contributed by atoms with Crippen LogP contribution in [0.25, 0.3) is 0 Å². The fourth-order valence-corrected chi connectivity index (χ4v) is 2.98. The molecule has 0 amide bonds. The molecule has 1 aliphatic carbocycles. The molecule has 3 unspecified atom stereocenters. The minimum Gasteiger partial charge on any atom is -0.393 e. The third kappa shape index (κ3) is 3.56. The molecule has 0 saturated carbocycles. The highest BCUT2D eigenvalue weighted by Crippen LogP contribution is 2.29. The molecule has 0 aliphatic heterocycles. The van der Waals surface area contributed by atoms with Gasteiger partial charge in [-0.3, -0.25) is 0 Å². The molecule has 0 saturated heterocycles. The largest absolute Gasteiger partial charge is 0.393 e. The van der Waals surface area contributed by atoms with Crippen molar-refractivity contribution in [2.24, 2.45) is 5.92 Å². The van der Waals surface area contributed by atoms with Gasteiger partial charge < -0.3 is 10.4 Å². The summed E-state index contributed by atoms with van der Waals surface area (Å²) in [5.74, 6) is 0.527. The number of hydrogen-bond donors (Lipinski definition) is 2. The summed E-state index contributed by atoms with van der Waals surface area (Å²) in [4.78, 5) is 0. The molecule has 1 aromatic rings. The Labute approximate surface area is 110 Å². The Bertz CT molecular complexity index is 375. The first kappa shape index (κ1) is 13.6. The van der Waals surface area contributed by atoms with Gasteiger partial charge in [-0.15, -0.1) is 0 Å². The van der Waals surface area contributed by atoms with Gasteiger partial charge in [0.25, 0.3) is 0 Å². The Balaban J connectivity index is 1.91. The van der Waals surface area contributed by atoms with Crippen molar-refractivity contribution in [3.8, 4) is 0 Å². The number of hydrogen-bond acceptors (Lipinski definition) is 2. The van der Waals surface area contributed by atoms with Crippen molar-refractivity contribution in [1.82, 2.24) is 5.32 Å². The standard InChI is InChI=1S/C16H25NO/c1-12(10-13(2)18)11-17-16-9-5-7-14-6-3-4-8-15(14)16/h3-4,6,8,12-13,16-18H,5,7,9-11H2,1-2H3. The lowest BCUT2D eigenvalue weighted by Gasteiger charge is -2.28. The van der Waals surface area contributed by atoms with Crippen molar-refractivity contribution in [3.05, 3.63) is 35.4 Å². The predicted octanol–water partition coefficient (Wildman–Crippen LogP) is 3.06. The number of rotatable bonds is 5. The first-order valence-electron chi connectivity index (χ1n) is 7.16. The zero-order valence-electron chi connectivity index (χ0n) is 11.5. The van der Waals surface area contributed by atoms with Crippen LogP contribution >= 0.6 is 0 Å². The fourth-order valence-electron chi connectivity index (χ4n) is 2.98. The van der Waals surface area contributed by atoms with Crippen LogP contribution in [0.15, 0.2) is 24.3 Å². The van der Waals surface area contributed by atoms with E-state index >= 15 is 0 Å². The molecule has 2 heteroatoms. The van der Waals surface area contributed by atoms with Crippen LogP contribution in [0.2, 0.25) is 0 Å². The quantitative estimate of drug-likeness (QED) is 0.838. The topological polar surface area (TPSA) is 32.3 Å². The van der Waals surface area contributed by atoms with Crippen molar-refractivity contribution < 1.29 is 5.11 Å². The molecule has 0 bridgehead atoms. The van der Waals surface area contributed by atoms with Crippen LogP contribution < -0.4 is 5.32 Å². The van der Waals surface area contributed by atoms with Crippen molar-refractivity contribution >= 4 is 0 Å². The zero-order valence-corrected chi connectivity index (χ0v) is 11.5. The van der Waals surface area contributed by atoms with Gasteiger partial charge in [0, 0.05) is 6.04 Å². The maximum atomic E-state index is 9.39. The van der Waals surface area contributed by atoms with E-state index in [1.807, 2.05) is 6.92 Å². The first-order chi connectivity index (χ1) is 8.66. The molecule has 2 N–H and O–H groups in total. The number of fused-ring (bicyclic) bond motifs is 1. The summed E-state index contributed by atoms with van der Waals surface area (Å²) in [6, 6.07) is 9.29. The van der Waals surface area contributed by atoms with E-state index in [-0.39, 0.29) is 6.10 Å². The molecule has 0 radical (unpaired) electrons. The second-order valence-electron chi connectivity index (χ2n) is 5.74. The van der Waals surface area contributed by atoms with Gasteiger partial charge in [-0.1, -0.05) is 31.2 Å². The summed E-state index contributed by atoms with van der Waals surface area (Å²) in [6.07, 6.45) is 4.41. The van der Waals surface area contributed by atoms with Gasteiger partial charge in [0.05, 0.1) is 6.10 Å². The van der Waals surface area contributed by atoms with Crippen LogP contribution in [-0.4, -0.2) is 17.8 Å². The van der Waals surface area contributed by atoms with Gasteiger partial charge in [-0.25, -0.2) is 0 Å². The van der Waals surface area contributed by atoms with Gasteiger partial charge in [0.1, 0.15) is 0 Å². The molecular weight excluding hydrogens is 222 g/mol. The zero-order chi connectivity index (χ0) is 13.0. The smallest absolute Gasteiger partial charge is 0.0515 e.